The highest BCUT2D eigenvalue weighted by Crippen LogP contribution is 2.23. The van der Waals surface area contributed by atoms with Gasteiger partial charge in [-0.05, 0) is 11.1 Å². The van der Waals surface area contributed by atoms with Crippen LogP contribution in [-0.2, 0) is 16.8 Å². The number of nitrogens with one attached hydrogen (secondary N) is 1. The third-order valence-corrected chi connectivity index (χ3v) is 3.45. The topological polar surface area (TPSA) is 81.1 Å². The number of amides is 1. The lowest BCUT2D eigenvalue weighted by Crippen LogP contribution is -2.53. The van der Waals surface area contributed by atoms with Gasteiger partial charge in [-0.25, -0.2) is 0 Å². The SMILES string of the molecule is NCCNC(=O)C(N)(Cc1ccccc1)c1ccccc1. The smallest absolute Gasteiger partial charge is 0.245 e. The van der Waals surface area contributed by atoms with Crippen LogP contribution < -0.4 is 16.8 Å². The number of carbonyl (C=O) groups is 1. The molecule has 4 nitrogen and oxygen atoms in total. The van der Waals surface area contributed by atoms with Crippen LogP contribution in [0.5, 0.6) is 0 Å². The van der Waals surface area contributed by atoms with Crippen LogP contribution in [0.25, 0.3) is 0 Å². The van der Waals surface area contributed by atoms with E-state index in [9.17, 15) is 4.79 Å². The lowest BCUT2D eigenvalue weighted by atomic mass is 9.84. The Bertz CT molecular complexity index is 571. The summed E-state index contributed by atoms with van der Waals surface area (Å²) in [6.45, 7) is 0.807. The fraction of sp³-hybridized carbons (Fsp3) is 0.235. The zero-order chi connectivity index (χ0) is 15.1. The lowest BCUT2D eigenvalue weighted by Gasteiger charge is -2.29. The fourth-order valence-corrected chi connectivity index (χ4v) is 2.31. The minimum Gasteiger partial charge on any atom is -0.353 e. The Hall–Kier alpha value is -2.17. The second kappa shape index (κ2) is 7.02. The van der Waals surface area contributed by atoms with Crippen molar-refractivity contribution in [3.63, 3.8) is 0 Å². The average molecular weight is 283 g/mol. The van der Waals surface area contributed by atoms with Crippen molar-refractivity contribution in [2.24, 2.45) is 11.5 Å². The van der Waals surface area contributed by atoms with E-state index in [2.05, 4.69) is 5.32 Å². The van der Waals surface area contributed by atoms with E-state index in [0.717, 1.165) is 11.1 Å². The largest absolute Gasteiger partial charge is 0.353 e. The number of carbonyl (C=O) groups excluding carboxylic acids is 1. The van der Waals surface area contributed by atoms with Crippen LogP contribution in [0.2, 0.25) is 0 Å². The Labute approximate surface area is 125 Å². The van der Waals surface area contributed by atoms with E-state index < -0.39 is 5.54 Å². The highest BCUT2D eigenvalue weighted by molar-refractivity contribution is 5.87. The van der Waals surface area contributed by atoms with Crippen molar-refractivity contribution in [2.75, 3.05) is 13.1 Å². The van der Waals surface area contributed by atoms with Gasteiger partial charge in [-0.2, -0.15) is 0 Å². The molecule has 0 fully saturated rings. The van der Waals surface area contributed by atoms with Gasteiger partial charge >= 0.3 is 0 Å². The fourth-order valence-electron chi connectivity index (χ4n) is 2.31. The summed E-state index contributed by atoms with van der Waals surface area (Å²) in [5.74, 6) is -0.206. The van der Waals surface area contributed by atoms with Gasteiger partial charge in [-0.15, -0.1) is 0 Å². The molecule has 1 amide bonds. The molecule has 110 valence electrons. The molecule has 4 heteroatoms. The van der Waals surface area contributed by atoms with Crippen molar-refractivity contribution in [2.45, 2.75) is 12.0 Å². The van der Waals surface area contributed by atoms with Crippen molar-refractivity contribution in [3.05, 3.63) is 71.8 Å². The number of hydrogen-bond donors (Lipinski definition) is 3. The molecule has 0 bridgehead atoms. The van der Waals surface area contributed by atoms with Crippen LogP contribution >= 0.6 is 0 Å². The van der Waals surface area contributed by atoms with E-state index in [0.29, 0.717) is 19.5 Å². The standard InChI is InChI=1S/C17H21N3O/c18-11-12-20-16(21)17(19,15-9-5-2-6-10-15)13-14-7-3-1-4-8-14/h1-10H,11-13,18-19H2,(H,20,21). The molecule has 0 aliphatic carbocycles. The van der Waals surface area contributed by atoms with E-state index in [4.69, 9.17) is 11.5 Å². The number of hydrogen-bond acceptors (Lipinski definition) is 3. The summed E-state index contributed by atoms with van der Waals surface area (Å²) in [5, 5.41) is 2.80. The van der Waals surface area contributed by atoms with Gasteiger partial charge in [0.1, 0.15) is 5.54 Å². The van der Waals surface area contributed by atoms with Crippen LogP contribution in [0.1, 0.15) is 11.1 Å². The number of benzene rings is 2. The highest BCUT2D eigenvalue weighted by Gasteiger charge is 2.35. The highest BCUT2D eigenvalue weighted by atomic mass is 16.2. The molecule has 0 aromatic heterocycles. The first-order valence-corrected chi connectivity index (χ1v) is 7.03. The second-order valence-corrected chi connectivity index (χ2v) is 5.04. The zero-order valence-electron chi connectivity index (χ0n) is 12.0. The van der Waals surface area contributed by atoms with Crippen LogP contribution in [-0.4, -0.2) is 19.0 Å². The molecule has 2 aromatic rings. The molecular formula is C17H21N3O. The van der Waals surface area contributed by atoms with Gasteiger partial charge in [0.2, 0.25) is 5.91 Å². The Kier molecular flexibility index (Phi) is 5.09. The lowest BCUT2D eigenvalue weighted by molar-refractivity contribution is -0.126. The monoisotopic (exact) mass is 283 g/mol. The average Bonchev–Trinajstić information content (AvgIpc) is 2.54. The first kappa shape index (κ1) is 15.2. The third kappa shape index (κ3) is 3.68. The normalized spacial score (nSPS) is 13.4. The molecule has 0 radical (unpaired) electrons. The van der Waals surface area contributed by atoms with E-state index in [1.165, 1.54) is 0 Å². The summed E-state index contributed by atoms with van der Waals surface area (Å²) in [4.78, 5) is 12.5. The van der Waals surface area contributed by atoms with E-state index in [1.807, 2.05) is 60.7 Å². The maximum absolute atomic E-state index is 12.5. The molecule has 0 saturated heterocycles. The summed E-state index contributed by atoms with van der Waals surface area (Å²) in [7, 11) is 0. The molecular weight excluding hydrogens is 262 g/mol. The van der Waals surface area contributed by atoms with Crippen LogP contribution in [0.4, 0.5) is 0 Å². The minimum absolute atomic E-state index is 0.206. The summed E-state index contributed by atoms with van der Waals surface area (Å²) in [5.41, 5.74) is 12.7. The summed E-state index contributed by atoms with van der Waals surface area (Å²) >= 11 is 0. The van der Waals surface area contributed by atoms with Crippen molar-refractivity contribution in [3.8, 4) is 0 Å². The maximum Gasteiger partial charge on any atom is 0.245 e. The first-order chi connectivity index (χ1) is 10.2. The zero-order valence-corrected chi connectivity index (χ0v) is 12.0. The van der Waals surface area contributed by atoms with E-state index >= 15 is 0 Å². The summed E-state index contributed by atoms with van der Waals surface area (Å²) < 4.78 is 0. The predicted octanol–water partition coefficient (Wildman–Crippen LogP) is 1.16. The molecule has 0 heterocycles. The molecule has 21 heavy (non-hydrogen) atoms. The van der Waals surface area contributed by atoms with Gasteiger partial charge in [0.05, 0.1) is 0 Å². The molecule has 0 saturated carbocycles. The molecule has 0 aliphatic rings. The van der Waals surface area contributed by atoms with Crippen molar-refractivity contribution < 1.29 is 4.79 Å². The summed E-state index contributed by atoms with van der Waals surface area (Å²) in [6.07, 6.45) is 0.439. The van der Waals surface area contributed by atoms with Crippen molar-refractivity contribution in [1.29, 1.82) is 0 Å². The first-order valence-electron chi connectivity index (χ1n) is 7.03. The van der Waals surface area contributed by atoms with Crippen molar-refractivity contribution >= 4 is 5.91 Å². The Morgan fingerprint density at radius 3 is 2.14 bits per heavy atom. The van der Waals surface area contributed by atoms with Crippen LogP contribution in [0.3, 0.4) is 0 Å². The van der Waals surface area contributed by atoms with Gasteiger partial charge in [0.15, 0.2) is 0 Å². The maximum atomic E-state index is 12.5. The van der Waals surface area contributed by atoms with Crippen LogP contribution in [0.15, 0.2) is 60.7 Å². The van der Waals surface area contributed by atoms with Crippen molar-refractivity contribution in [1.82, 2.24) is 5.32 Å². The molecule has 0 spiro atoms. The van der Waals surface area contributed by atoms with Gasteiger partial charge < -0.3 is 16.8 Å². The number of rotatable bonds is 6. The molecule has 0 aliphatic heterocycles. The van der Waals surface area contributed by atoms with Gasteiger partial charge in [-0.3, -0.25) is 4.79 Å². The quantitative estimate of drug-likeness (QED) is 0.744. The summed E-state index contributed by atoms with van der Waals surface area (Å²) in [6, 6.07) is 19.2. The van der Waals surface area contributed by atoms with E-state index in [-0.39, 0.29) is 5.91 Å². The Balaban J connectivity index is 2.32. The van der Waals surface area contributed by atoms with Gasteiger partial charge in [0.25, 0.3) is 0 Å². The molecule has 5 N–H and O–H groups in total. The third-order valence-electron chi connectivity index (χ3n) is 3.45. The molecule has 1 atom stereocenters. The number of nitrogens with two attached hydrogens (primary N) is 2. The predicted molar refractivity (Wildman–Crippen MR) is 84.5 cm³/mol. The van der Waals surface area contributed by atoms with E-state index in [1.54, 1.807) is 0 Å². The molecule has 2 aromatic carbocycles. The Morgan fingerprint density at radius 1 is 1.00 bits per heavy atom. The van der Waals surface area contributed by atoms with Gasteiger partial charge in [0, 0.05) is 19.5 Å². The van der Waals surface area contributed by atoms with Gasteiger partial charge in [-0.1, -0.05) is 60.7 Å². The Morgan fingerprint density at radius 2 is 1.57 bits per heavy atom. The minimum atomic E-state index is -1.10. The molecule has 2 rings (SSSR count). The second-order valence-electron chi connectivity index (χ2n) is 5.04. The molecule has 1 unspecified atom stereocenters. The van der Waals surface area contributed by atoms with Crippen LogP contribution in [0, 0.1) is 0 Å².